The molecule has 86 valence electrons. The van der Waals surface area contributed by atoms with Gasteiger partial charge in [-0.3, -0.25) is 9.59 Å². The number of amides is 2. The lowest BCUT2D eigenvalue weighted by atomic mass is 9.95. The Morgan fingerprint density at radius 2 is 2.13 bits per heavy atom. The second kappa shape index (κ2) is 5.70. The van der Waals surface area contributed by atoms with E-state index in [-0.39, 0.29) is 23.8 Å². The van der Waals surface area contributed by atoms with Gasteiger partial charge in [0.25, 0.3) is 0 Å². The standard InChI is InChI=1S/C10H19N3O2/c1-3-9(14)13-8-4-7(5-12-6-8)10(15)11-2/h7-8,12H,3-6H2,1-2H3,(H,11,15)(H,13,14)/t7-,8+/m0/s1. The smallest absolute Gasteiger partial charge is 0.224 e. The van der Waals surface area contributed by atoms with Crippen molar-refractivity contribution in [1.29, 1.82) is 0 Å². The third-order valence-electron chi connectivity index (χ3n) is 2.65. The number of carbonyl (C=O) groups excluding carboxylic acids is 2. The first-order valence-corrected chi connectivity index (χ1v) is 5.39. The van der Waals surface area contributed by atoms with E-state index in [9.17, 15) is 9.59 Å². The fraction of sp³-hybridized carbons (Fsp3) is 0.800. The van der Waals surface area contributed by atoms with Crippen LogP contribution in [0.3, 0.4) is 0 Å². The van der Waals surface area contributed by atoms with Crippen molar-refractivity contribution in [3.05, 3.63) is 0 Å². The monoisotopic (exact) mass is 213 g/mol. The quantitative estimate of drug-likeness (QED) is 0.577. The molecule has 2 atom stereocenters. The molecular formula is C10H19N3O2. The zero-order valence-electron chi connectivity index (χ0n) is 9.30. The molecule has 3 N–H and O–H groups in total. The van der Waals surface area contributed by atoms with Crippen molar-refractivity contribution in [2.45, 2.75) is 25.8 Å². The molecule has 0 aromatic heterocycles. The molecule has 0 spiro atoms. The van der Waals surface area contributed by atoms with Gasteiger partial charge in [0.1, 0.15) is 0 Å². The summed E-state index contributed by atoms with van der Waals surface area (Å²) in [7, 11) is 1.64. The summed E-state index contributed by atoms with van der Waals surface area (Å²) in [5.41, 5.74) is 0. The van der Waals surface area contributed by atoms with Crippen molar-refractivity contribution in [3.8, 4) is 0 Å². The summed E-state index contributed by atoms with van der Waals surface area (Å²) >= 11 is 0. The van der Waals surface area contributed by atoms with Gasteiger partial charge in [0.15, 0.2) is 0 Å². The van der Waals surface area contributed by atoms with Crippen LogP contribution in [0.5, 0.6) is 0 Å². The van der Waals surface area contributed by atoms with Crippen molar-refractivity contribution in [3.63, 3.8) is 0 Å². The maximum atomic E-state index is 11.4. The van der Waals surface area contributed by atoms with Gasteiger partial charge in [-0.05, 0) is 6.42 Å². The van der Waals surface area contributed by atoms with Gasteiger partial charge in [0.05, 0.1) is 5.92 Å². The minimum absolute atomic E-state index is 0.0362. The Balaban J connectivity index is 2.42. The molecule has 1 aliphatic rings. The molecule has 0 aromatic carbocycles. The van der Waals surface area contributed by atoms with Crippen LogP contribution >= 0.6 is 0 Å². The molecule has 1 aliphatic heterocycles. The van der Waals surface area contributed by atoms with Gasteiger partial charge >= 0.3 is 0 Å². The lowest BCUT2D eigenvalue weighted by Gasteiger charge is -2.29. The van der Waals surface area contributed by atoms with Gasteiger partial charge in [-0.2, -0.15) is 0 Å². The van der Waals surface area contributed by atoms with Crippen LogP contribution in [0.1, 0.15) is 19.8 Å². The Morgan fingerprint density at radius 3 is 2.73 bits per heavy atom. The van der Waals surface area contributed by atoms with Crippen LogP contribution in [-0.4, -0.2) is 38.0 Å². The second-order valence-electron chi connectivity index (χ2n) is 3.82. The Hall–Kier alpha value is -1.10. The van der Waals surface area contributed by atoms with Gasteiger partial charge in [-0.1, -0.05) is 6.92 Å². The highest BCUT2D eigenvalue weighted by molar-refractivity contribution is 5.79. The fourth-order valence-corrected chi connectivity index (χ4v) is 1.79. The molecule has 1 fully saturated rings. The predicted molar refractivity (Wildman–Crippen MR) is 57.3 cm³/mol. The molecule has 15 heavy (non-hydrogen) atoms. The Labute approximate surface area is 90.0 Å². The fourth-order valence-electron chi connectivity index (χ4n) is 1.79. The van der Waals surface area contributed by atoms with E-state index in [1.807, 2.05) is 6.92 Å². The van der Waals surface area contributed by atoms with E-state index in [4.69, 9.17) is 0 Å². The van der Waals surface area contributed by atoms with Crippen molar-refractivity contribution in [2.75, 3.05) is 20.1 Å². The van der Waals surface area contributed by atoms with Crippen molar-refractivity contribution in [2.24, 2.45) is 5.92 Å². The van der Waals surface area contributed by atoms with E-state index in [1.54, 1.807) is 7.05 Å². The average molecular weight is 213 g/mol. The molecule has 0 unspecified atom stereocenters. The summed E-state index contributed by atoms with van der Waals surface area (Å²) < 4.78 is 0. The van der Waals surface area contributed by atoms with Crippen LogP contribution in [0.15, 0.2) is 0 Å². The lowest BCUT2D eigenvalue weighted by molar-refractivity contribution is -0.126. The number of nitrogens with one attached hydrogen (secondary N) is 3. The van der Waals surface area contributed by atoms with Gasteiger partial charge in [-0.15, -0.1) is 0 Å². The van der Waals surface area contributed by atoms with Crippen LogP contribution in [0.25, 0.3) is 0 Å². The van der Waals surface area contributed by atoms with E-state index in [2.05, 4.69) is 16.0 Å². The molecule has 2 amide bonds. The first kappa shape index (κ1) is 12.0. The summed E-state index contributed by atoms with van der Waals surface area (Å²) in [5.74, 6) is 0.0446. The molecular weight excluding hydrogens is 194 g/mol. The Kier molecular flexibility index (Phi) is 4.55. The van der Waals surface area contributed by atoms with Crippen molar-refractivity contribution >= 4 is 11.8 Å². The molecule has 0 bridgehead atoms. The van der Waals surface area contributed by atoms with Gasteiger partial charge in [0, 0.05) is 32.6 Å². The molecule has 1 saturated heterocycles. The largest absolute Gasteiger partial charge is 0.359 e. The average Bonchev–Trinajstić information content (AvgIpc) is 2.28. The topological polar surface area (TPSA) is 70.2 Å². The van der Waals surface area contributed by atoms with Crippen LogP contribution < -0.4 is 16.0 Å². The summed E-state index contributed by atoms with van der Waals surface area (Å²) in [6.45, 7) is 3.26. The van der Waals surface area contributed by atoms with E-state index in [0.717, 1.165) is 13.0 Å². The Bertz CT molecular complexity index is 243. The zero-order chi connectivity index (χ0) is 11.3. The summed E-state index contributed by atoms with van der Waals surface area (Å²) in [5, 5.41) is 8.68. The summed E-state index contributed by atoms with van der Waals surface area (Å²) in [4.78, 5) is 22.6. The number of piperidine rings is 1. The number of rotatable bonds is 3. The minimum atomic E-state index is -0.0362. The van der Waals surface area contributed by atoms with Crippen LogP contribution in [-0.2, 0) is 9.59 Å². The molecule has 1 rings (SSSR count). The lowest BCUT2D eigenvalue weighted by Crippen LogP contribution is -2.51. The molecule has 0 saturated carbocycles. The third kappa shape index (κ3) is 3.51. The Morgan fingerprint density at radius 1 is 1.40 bits per heavy atom. The highest BCUT2D eigenvalue weighted by atomic mass is 16.2. The number of hydrogen-bond acceptors (Lipinski definition) is 3. The van der Waals surface area contributed by atoms with Gasteiger partial charge in [-0.25, -0.2) is 0 Å². The minimum Gasteiger partial charge on any atom is -0.359 e. The predicted octanol–water partition coefficient (Wildman–Crippen LogP) is -0.763. The van der Waals surface area contributed by atoms with E-state index < -0.39 is 0 Å². The van der Waals surface area contributed by atoms with Crippen LogP contribution in [0, 0.1) is 5.92 Å². The summed E-state index contributed by atoms with van der Waals surface area (Å²) in [6.07, 6.45) is 1.21. The SMILES string of the molecule is CCC(=O)N[C@H]1CNC[C@@H](C(=O)NC)C1. The second-order valence-corrected chi connectivity index (χ2v) is 3.82. The first-order chi connectivity index (χ1) is 7.17. The maximum Gasteiger partial charge on any atom is 0.224 e. The molecule has 0 aliphatic carbocycles. The van der Waals surface area contributed by atoms with E-state index >= 15 is 0 Å². The molecule has 0 aromatic rings. The highest BCUT2D eigenvalue weighted by Gasteiger charge is 2.26. The summed E-state index contributed by atoms with van der Waals surface area (Å²) in [6, 6.07) is 0.0773. The van der Waals surface area contributed by atoms with Gasteiger partial charge < -0.3 is 16.0 Å². The first-order valence-electron chi connectivity index (χ1n) is 5.39. The van der Waals surface area contributed by atoms with Crippen molar-refractivity contribution in [1.82, 2.24) is 16.0 Å². The maximum absolute atomic E-state index is 11.4. The molecule has 0 radical (unpaired) electrons. The normalized spacial score (nSPS) is 25.7. The third-order valence-corrected chi connectivity index (χ3v) is 2.65. The zero-order valence-corrected chi connectivity index (χ0v) is 9.30. The van der Waals surface area contributed by atoms with Gasteiger partial charge in [0.2, 0.25) is 11.8 Å². The van der Waals surface area contributed by atoms with E-state index in [0.29, 0.717) is 13.0 Å². The molecule has 1 heterocycles. The number of carbonyl (C=O) groups is 2. The van der Waals surface area contributed by atoms with Crippen LogP contribution in [0.2, 0.25) is 0 Å². The number of hydrogen-bond donors (Lipinski definition) is 3. The van der Waals surface area contributed by atoms with E-state index in [1.165, 1.54) is 0 Å². The van der Waals surface area contributed by atoms with Crippen molar-refractivity contribution < 1.29 is 9.59 Å². The molecule has 5 heteroatoms. The molecule has 5 nitrogen and oxygen atoms in total. The highest BCUT2D eigenvalue weighted by Crippen LogP contribution is 2.10. The van der Waals surface area contributed by atoms with Crippen LogP contribution in [0.4, 0.5) is 0 Å².